The van der Waals surface area contributed by atoms with Gasteiger partial charge in [0.1, 0.15) is 17.4 Å². The lowest BCUT2D eigenvalue weighted by molar-refractivity contribution is 0.0915. The van der Waals surface area contributed by atoms with Crippen LogP contribution in [0.5, 0.6) is 11.6 Å². The van der Waals surface area contributed by atoms with E-state index in [0.717, 1.165) is 22.1 Å². The predicted molar refractivity (Wildman–Crippen MR) is 102 cm³/mol. The normalized spacial score (nSPS) is 10.5. The van der Waals surface area contributed by atoms with Crippen LogP contribution in [0.4, 0.5) is 0 Å². The smallest absolute Gasteiger partial charge is 0.271 e. The number of unbranched alkanes of at least 4 members (excludes halogenated alkanes) is 1. The Bertz CT molecular complexity index is 968. The number of nitrogens with zero attached hydrogens (tertiary/aromatic N) is 2. The highest BCUT2D eigenvalue weighted by molar-refractivity contribution is 6.01. The van der Waals surface area contributed by atoms with Crippen LogP contribution in [-0.2, 0) is 6.54 Å². The van der Waals surface area contributed by atoms with E-state index in [0.29, 0.717) is 12.2 Å². The van der Waals surface area contributed by atoms with Gasteiger partial charge in [-0.2, -0.15) is 5.26 Å². The second-order valence-corrected chi connectivity index (χ2v) is 6.53. The molecular formula is C21H24N2O4. The summed E-state index contributed by atoms with van der Waals surface area (Å²) in [5.41, 5.74) is 1.41. The molecule has 2 rings (SSSR count). The van der Waals surface area contributed by atoms with Crippen LogP contribution in [0.1, 0.15) is 52.4 Å². The van der Waals surface area contributed by atoms with Crippen molar-refractivity contribution in [1.29, 1.82) is 5.26 Å². The fraction of sp³-hybridized carbons (Fsp3) is 0.381. The van der Waals surface area contributed by atoms with Gasteiger partial charge in [-0.3, -0.25) is 14.2 Å². The lowest BCUT2D eigenvalue weighted by Crippen LogP contribution is -2.27. The van der Waals surface area contributed by atoms with E-state index in [9.17, 15) is 20.0 Å². The Morgan fingerprint density at radius 1 is 1.26 bits per heavy atom. The first-order valence-corrected chi connectivity index (χ1v) is 8.92. The van der Waals surface area contributed by atoms with Gasteiger partial charge in [0.25, 0.3) is 5.56 Å². The SMILES string of the molecule is CCCCn1c(O)c(C(=O)COc2cccc(C)c2C)c(C)c(C#N)c1=O. The average Bonchev–Trinajstić information content (AvgIpc) is 2.63. The molecule has 0 aliphatic carbocycles. The summed E-state index contributed by atoms with van der Waals surface area (Å²) in [6, 6.07) is 7.41. The van der Waals surface area contributed by atoms with E-state index in [2.05, 4.69) is 0 Å². The fourth-order valence-electron chi connectivity index (χ4n) is 2.90. The van der Waals surface area contributed by atoms with Crippen molar-refractivity contribution in [2.45, 2.75) is 47.1 Å². The number of carbonyl (C=O) groups is 1. The molecule has 0 aliphatic heterocycles. The van der Waals surface area contributed by atoms with E-state index in [1.165, 1.54) is 6.92 Å². The average molecular weight is 368 g/mol. The van der Waals surface area contributed by atoms with Crippen LogP contribution >= 0.6 is 0 Å². The highest BCUT2D eigenvalue weighted by atomic mass is 16.5. The number of aromatic nitrogens is 1. The number of carbonyl (C=O) groups excluding carboxylic acids is 1. The molecule has 0 spiro atoms. The molecule has 0 fully saturated rings. The van der Waals surface area contributed by atoms with Gasteiger partial charge < -0.3 is 9.84 Å². The van der Waals surface area contributed by atoms with Gasteiger partial charge in [-0.15, -0.1) is 0 Å². The number of hydrogen-bond acceptors (Lipinski definition) is 5. The zero-order chi connectivity index (χ0) is 20.1. The van der Waals surface area contributed by atoms with E-state index in [1.54, 1.807) is 6.07 Å². The van der Waals surface area contributed by atoms with E-state index < -0.39 is 17.2 Å². The molecule has 6 nitrogen and oxygen atoms in total. The highest BCUT2D eigenvalue weighted by Gasteiger charge is 2.24. The first-order chi connectivity index (χ1) is 12.8. The van der Waals surface area contributed by atoms with Gasteiger partial charge in [-0.25, -0.2) is 0 Å². The number of hydrogen-bond donors (Lipinski definition) is 1. The number of nitriles is 1. The molecular weight excluding hydrogens is 344 g/mol. The number of aryl methyl sites for hydroxylation is 1. The van der Waals surface area contributed by atoms with Crippen molar-refractivity contribution in [2.75, 3.05) is 6.61 Å². The van der Waals surface area contributed by atoms with Gasteiger partial charge in [0.2, 0.25) is 11.7 Å². The minimum Gasteiger partial charge on any atom is -0.494 e. The van der Waals surface area contributed by atoms with Crippen LogP contribution in [-0.4, -0.2) is 22.1 Å². The molecule has 6 heteroatoms. The first-order valence-electron chi connectivity index (χ1n) is 8.92. The van der Waals surface area contributed by atoms with Crippen LogP contribution in [0.2, 0.25) is 0 Å². The standard InChI is InChI=1S/C21H24N2O4/c1-5-6-10-23-20(25)16(11-22)15(4)19(21(23)26)17(24)12-27-18-9-7-8-13(2)14(18)3/h7-9,26H,5-6,10,12H2,1-4H3. The molecule has 0 radical (unpaired) electrons. The maximum absolute atomic E-state index is 12.8. The monoisotopic (exact) mass is 368 g/mol. The summed E-state index contributed by atoms with van der Waals surface area (Å²) in [6.07, 6.45) is 1.45. The van der Waals surface area contributed by atoms with Gasteiger partial charge in [0.05, 0.1) is 5.56 Å². The molecule has 0 saturated heterocycles. The van der Waals surface area contributed by atoms with E-state index >= 15 is 0 Å². The molecule has 2 aromatic rings. The topological polar surface area (TPSA) is 92.3 Å². The molecule has 27 heavy (non-hydrogen) atoms. The summed E-state index contributed by atoms with van der Waals surface area (Å²) in [7, 11) is 0. The van der Waals surface area contributed by atoms with Crippen molar-refractivity contribution in [1.82, 2.24) is 4.57 Å². The summed E-state index contributed by atoms with van der Waals surface area (Å²) in [6.45, 7) is 7.24. The molecule has 1 heterocycles. The Balaban J connectivity index is 2.41. The molecule has 1 aromatic carbocycles. The lowest BCUT2D eigenvalue weighted by Gasteiger charge is -2.16. The predicted octanol–water partition coefficient (Wildman–Crippen LogP) is 3.41. The Hall–Kier alpha value is -3.07. The summed E-state index contributed by atoms with van der Waals surface area (Å²) in [5, 5.41) is 19.9. The second kappa shape index (κ2) is 8.54. The van der Waals surface area contributed by atoms with Crippen molar-refractivity contribution >= 4 is 5.78 Å². The number of pyridine rings is 1. The Labute approximate surface area is 158 Å². The van der Waals surface area contributed by atoms with Crippen LogP contribution in [0.15, 0.2) is 23.0 Å². The van der Waals surface area contributed by atoms with Crippen molar-refractivity contribution < 1.29 is 14.6 Å². The molecule has 0 aliphatic rings. The van der Waals surface area contributed by atoms with E-state index in [-0.39, 0.29) is 29.8 Å². The molecule has 1 aromatic heterocycles. The lowest BCUT2D eigenvalue weighted by atomic mass is 10.0. The Morgan fingerprint density at radius 2 is 1.96 bits per heavy atom. The summed E-state index contributed by atoms with van der Waals surface area (Å²) < 4.78 is 6.74. The largest absolute Gasteiger partial charge is 0.494 e. The van der Waals surface area contributed by atoms with E-state index in [4.69, 9.17) is 4.74 Å². The third-order valence-corrected chi connectivity index (χ3v) is 4.73. The zero-order valence-corrected chi connectivity index (χ0v) is 16.1. The summed E-state index contributed by atoms with van der Waals surface area (Å²) >= 11 is 0. The number of benzene rings is 1. The van der Waals surface area contributed by atoms with Gasteiger partial charge >= 0.3 is 0 Å². The maximum Gasteiger partial charge on any atom is 0.271 e. The van der Waals surface area contributed by atoms with Gasteiger partial charge in [-0.1, -0.05) is 25.5 Å². The molecule has 1 N–H and O–H groups in total. The maximum atomic E-state index is 12.8. The number of Topliss-reactive ketones (excluding diaryl/α,β-unsaturated/α-hetero) is 1. The van der Waals surface area contributed by atoms with Gasteiger partial charge in [-0.05, 0) is 49.9 Å². The van der Waals surface area contributed by atoms with E-state index in [1.807, 2.05) is 39.0 Å². The summed E-state index contributed by atoms with van der Waals surface area (Å²) in [5.74, 6) is -0.299. The van der Waals surface area contributed by atoms with Crippen LogP contribution in [0.25, 0.3) is 0 Å². The minimum atomic E-state index is -0.576. The molecule has 0 unspecified atom stereocenters. The highest BCUT2D eigenvalue weighted by Crippen LogP contribution is 2.24. The number of rotatable bonds is 7. The number of aromatic hydroxyl groups is 1. The van der Waals surface area contributed by atoms with Crippen molar-refractivity contribution in [3.63, 3.8) is 0 Å². The van der Waals surface area contributed by atoms with Gasteiger partial charge in [0, 0.05) is 6.54 Å². The third-order valence-electron chi connectivity index (χ3n) is 4.73. The fourth-order valence-corrected chi connectivity index (χ4v) is 2.90. The first kappa shape index (κ1) is 20.2. The second-order valence-electron chi connectivity index (χ2n) is 6.53. The number of ether oxygens (including phenoxy) is 1. The molecule has 0 atom stereocenters. The van der Waals surface area contributed by atoms with Gasteiger partial charge in [0.15, 0.2) is 6.61 Å². The number of ketones is 1. The van der Waals surface area contributed by atoms with Crippen LogP contribution < -0.4 is 10.3 Å². The van der Waals surface area contributed by atoms with Crippen molar-refractivity contribution in [2.24, 2.45) is 0 Å². The Morgan fingerprint density at radius 3 is 2.59 bits per heavy atom. The Kier molecular flexibility index (Phi) is 6.40. The van der Waals surface area contributed by atoms with Crippen molar-refractivity contribution in [3.8, 4) is 17.7 Å². The third kappa shape index (κ3) is 4.03. The molecule has 0 bridgehead atoms. The van der Waals surface area contributed by atoms with Crippen molar-refractivity contribution in [3.05, 3.63) is 56.4 Å². The zero-order valence-electron chi connectivity index (χ0n) is 16.1. The quantitative estimate of drug-likeness (QED) is 0.756. The molecule has 0 amide bonds. The minimum absolute atomic E-state index is 0.0347. The van der Waals surface area contributed by atoms with Crippen LogP contribution in [0, 0.1) is 32.1 Å². The summed E-state index contributed by atoms with van der Waals surface area (Å²) in [4.78, 5) is 25.2. The molecule has 142 valence electrons. The molecule has 0 saturated carbocycles. The van der Waals surface area contributed by atoms with Crippen LogP contribution in [0.3, 0.4) is 0 Å².